The molecule has 0 fully saturated rings. The fraction of sp³-hybridized carbons (Fsp3) is 0.250. The normalized spacial score (nSPS) is 10.2. The van der Waals surface area contributed by atoms with E-state index in [1.165, 1.54) is 0 Å². The third-order valence-corrected chi connectivity index (χ3v) is 2.35. The maximum absolute atomic E-state index is 12.9. The van der Waals surface area contributed by atoms with Crippen LogP contribution in [0.5, 0.6) is 0 Å². The molecule has 11 heavy (non-hydrogen) atoms. The average Bonchev–Trinajstić information content (AvgIpc) is 1.99. The van der Waals surface area contributed by atoms with E-state index in [1.807, 2.05) is 0 Å². The monoisotopic (exact) mass is 236 g/mol. The van der Waals surface area contributed by atoms with Crippen LogP contribution in [0, 0.1) is 12.7 Å². The van der Waals surface area contributed by atoms with Crippen LogP contribution in [-0.2, 0) is 5.33 Å². The van der Waals surface area contributed by atoms with Gasteiger partial charge in [-0.25, -0.2) is 4.39 Å². The minimum Gasteiger partial charge on any atom is -0.205 e. The van der Waals surface area contributed by atoms with E-state index in [-0.39, 0.29) is 10.8 Å². The van der Waals surface area contributed by atoms with Crippen molar-refractivity contribution in [3.63, 3.8) is 0 Å². The topological polar surface area (TPSA) is 0 Å². The first kappa shape index (κ1) is 9.01. The maximum Gasteiger partial charge on any atom is 0.144 e. The lowest BCUT2D eigenvalue weighted by Gasteiger charge is -2.01. The molecule has 0 aliphatic carbocycles. The van der Waals surface area contributed by atoms with E-state index in [0.717, 1.165) is 5.56 Å². The molecule has 1 aromatic carbocycles. The highest BCUT2D eigenvalue weighted by Crippen LogP contribution is 2.21. The molecule has 0 saturated carbocycles. The van der Waals surface area contributed by atoms with Crippen molar-refractivity contribution in [2.75, 3.05) is 0 Å². The van der Waals surface area contributed by atoms with E-state index in [4.69, 9.17) is 11.6 Å². The van der Waals surface area contributed by atoms with Gasteiger partial charge >= 0.3 is 0 Å². The molecule has 3 heteroatoms. The quantitative estimate of drug-likeness (QED) is 0.654. The van der Waals surface area contributed by atoms with Crippen LogP contribution in [0.4, 0.5) is 4.39 Å². The second kappa shape index (κ2) is 3.55. The van der Waals surface area contributed by atoms with E-state index in [0.29, 0.717) is 10.9 Å². The van der Waals surface area contributed by atoms with Gasteiger partial charge in [0.15, 0.2) is 0 Å². The highest BCUT2D eigenvalue weighted by Gasteiger charge is 2.04. The van der Waals surface area contributed by atoms with Crippen molar-refractivity contribution in [2.24, 2.45) is 0 Å². The summed E-state index contributed by atoms with van der Waals surface area (Å²) < 4.78 is 12.9. The first-order valence-corrected chi connectivity index (χ1v) is 4.65. The van der Waals surface area contributed by atoms with Crippen molar-refractivity contribution in [3.05, 3.63) is 34.1 Å². The van der Waals surface area contributed by atoms with Crippen molar-refractivity contribution >= 4 is 27.5 Å². The van der Waals surface area contributed by atoms with E-state index < -0.39 is 0 Å². The Bertz CT molecular complexity index is 250. The van der Waals surface area contributed by atoms with E-state index >= 15 is 0 Å². The summed E-state index contributed by atoms with van der Waals surface area (Å²) in [5.41, 5.74) is 1.58. The molecular weight excluding hydrogens is 230 g/mol. The average molecular weight is 237 g/mol. The molecule has 0 unspecified atom stereocenters. The lowest BCUT2D eigenvalue weighted by atomic mass is 10.1. The molecule has 60 valence electrons. The zero-order valence-electron chi connectivity index (χ0n) is 6.00. The molecule has 1 rings (SSSR count). The van der Waals surface area contributed by atoms with Crippen molar-refractivity contribution in [2.45, 2.75) is 12.3 Å². The SMILES string of the molecule is Cc1cc(CBr)cc(Cl)c1F. The first-order valence-electron chi connectivity index (χ1n) is 3.15. The van der Waals surface area contributed by atoms with Crippen LogP contribution < -0.4 is 0 Å². The number of halogens is 3. The van der Waals surface area contributed by atoms with Gasteiger partial charge in [-0.3, -0.25) is 0 Å². The van der Waals surface area contributed by atoms with E-state index in [1.54, 1.807) is 19.1 Å². The van der Waals surface area contributed by atoms with Crippen LogP contribution >= 0.6 is 27.5 Å². The third kappa shape index (κ3) is 1.94. The number of alkyl halides is 1. The number of aryl methyl sites for hydroxylation is 1. The molecule has 0 heterocycles. The summed E-state index contributed by atoms with van der Waals surface area (Å²) in [6.07, 6.45) is 0. The van der Waals surface area contributed by atoms with Crippen molar-refractivity contribution in [3.8, 4) is 0 Å². The van der Waals surface area contributed by atoms with Crippen LogP contribution in [0.15, 0.2) is 12.1 Å². The molecule has 0 saturated heterocycles. The third-order valence-electron chi connectivity index (χ3n) is 1.42. The van der Waals surface area contributed by atoms with Gasteiger partial charge < -0.3 is 0 Å². The zero-order valence-corrected chi connectivity index (χ0v) is 8.34. The van der Waals surface area contributed by atoms with Crippen LogP contribution in [0.25, 0.3) is 0 Å². The van der Waals surface area contributed by atoms with Gasteiger partial charge in [-0.15, -0.1) is 0 Å². The Kier molecular flexibility index (Phi) is 2.90. The van der Waals surface area contributed by atoms with Gasteiger partial charge in [-0.1, -0.05) is 33.6 Å². The van der Waals surface area contributed by atoms with Crippen molar-refractivity contribution in [1.29, 1.82) is 0 Å². The predicted octanol–water partition coefficient (Wildman–Crippen LogP) is 3.68. The molecule has 0 aromatic heterocycles. The van der Waals surface area contributed by atoms with Gasteiger partial charge in [-0.05, 0) is 24.1 Å². The molecule has 0 spiro atoms. The zero-order chi connectivity index (χ0) is 8.43. The van der Waals surface area contributed by atoms with E-state index in [2.05, 4.69) is 15.9 Å². The molecule has 0 bridgehead atoms. The summed E-state index contributed by atoms with van der Waals surface area (Å²) in [6, 6.07) is 3.40. The Morgan fingerprint density at radius 3 is 2.64 bits per heavy atom. The summed E-state index contributed by atoms with van der Waals surface area (Å²) >= 11 is 8.87. The smallest absolute Gasteiger partial charge is 0.144 e. The summed E-state index contributed by atoms with van der Waals surface area (Å²) in [5.74, 6) is -0.323. The number of hydrogen-bond acceptors (Lipinski definition) is 0. The maximum atomic E-state index is 12.9. The van der Waals surface area contributed by atoms with Crippen LogP contribution in [-0.4, -0.2) is 0 Å². The summed E-state index contributed by atoms with van der Waals surface area (Å²) in [5, 5.41) is 0.896. The standard InChI is InChI=1S/C8H7BrClF/c1-5-2-6(4-9)3-7(10)8(5)11/h2-3H,4H2,1H3. The number of benzene rings is 1. The molecule has 0 aliphatic heterocycles. The molecule has 1 aromatic rings. The molecule has 0 amide bonds. The van der Waals surface area contributed by atoms with Crippen molar-refractivity contribution in [1.82, 2.24) is 0 Å². The Morgan fingerprint density at radius 2 is 2.18 bits per heavy atom. The summed E-state index contributed by atoms with van der Waals surface area (Å²) in [4.78, 5) is 0. The minimum absolute atomic E-state index is 0.194. The Labute approximate surface area is 78.5 Å². The molecule has 0 nitrogen and oxygen atoms in total. The lowest BCUT2D eigenvalue weighted by Crippen LogP contribution is -1.87. The molecule has 0 N–H and O–H groups in total. The molecular formula is C8H7BrClF. The summed E-state index contributed by atoms with van der Waals surface area (Å²) in [6.45, 7) is 1.70. The van der Waals surface area contributed by atoms with Gasteiger partial charge in [0, 0.05) is 5.33 Å². The number of rotatable bonds is 1. The molecule has 0 aliphatic rings. The molecule has 0 atom stereocenters. The second-order valence-corrected chi connectivity index (χ2v) is 3.31. The van der Waals surface area contributed by atoms with E-state index in [9.17, 15) is 4.39 Å². The van der Waals surface area contributed by atoms with Gasteiger partial charge in [0.05, 0.1) is 5.02 Å². The van der Waals surface area contributed by atoms with Crippen molar-refractivity contribution < 1.29 is 4.39 Å². The fourth-order valence-electron chi connectivity index (χ4n) is 0.875. The molecule has 0 radical (unpaired) electrons. The predicted molar refractivity (Wildman–Crippen MR) is 48.8 cm³/mol. The largest absolute Gasteiger partial charge is 0.205 e. The first-order chi connectivity index (χ1) is 5.15. The highest BCUT2D eigenvalue weighted by atomic mass is 79.9. The van der Waals surface area contributed by atoms with Gasteiger partial charge in [0.25, 0.3) is 0 Å². The lowest BCUT2D eigenvalue weighted by molar-refractivity contribution is 0.618. The minimum atomic E-state index is -0.323. The summed E-state index contributed by atoms with van der Waals surface area (Å²) in [7, 11) is 0. The Hall–Kier alpha value is -0.0800. The fourth-order valence-corrected chi connectivity index (χ4v) is 1.49. The van der Waals surface area contributed by atoms with Crippen LogP contribution in [0.2, 0.25) is 5.02 Å². The highest BCUT2D eigenvalue weighted by molar-refractivity contribution is 9.08. The van der Waals surface area contributed by atoms with Gasteiger partial charge in [0.1, 0.15) is 5.82 Å². The van der Waals surface area contributed by atoms with Gasteiger partial charge in [0.2, 0.25) is 0 Å². The van der Waals surface area contributed by atoms with Crippen LogP contribution in [0.3, 0.4) is 0 Å². The second-order valence-electron chi connectivity index (χ2n) is 2.34. The Morgan fingerprint density at radius 1 is 1.55 bits per heavy atom. The number of hydrogen-bond donors (Lipinski definition) is 0. The van der Waals surface area contributed by atoms with Crippen LogP contribution in [0.1, 0.15) is 11.1 Å². The Balaban J connectivity index is 3.21. The van der Waals surface area contributed by atoms with Gasteiger partial charge in [-0.2, -0.15) is 0 Å².